The minimum Gasteiger partial charge on any atom is -0.372 e. The van der Waals surface area contributed by atoms with Crippen LogP contribution in [-0.4, -0.2) is 4.98 Å². The monoisotopic (exact) mass is 520 g/mol. The number of pyridine rings is 1. The third-order valence-corrected chi connectivity index (χ3v) is 7.93. The Balaban J connectivity index is 1.57. The van der Waals surface area contributed by atoms with Crippen LogP contribution in [0.3, 0.4) is 0 Å². The predicted octanol–water partition coefficient (Wildman–Crippen LogP) is 10.5. The minimum absolute atomic E-state index is 0.126. The topological polar surface area (TPSA) is 24.9 Å². The zero-order valence-corrected chi connectivity index (χ0v) is 23.7. The second-order valence-electron chi connectivity index (χ2n) is 11.2. The van der Waals surface area contributed by atoms with E-state index in [0.717, 1.165) is 17.0 Å². The van der Waals surface area contributed by atoms with Crippen molar-refractivity contribution in [2.24, 2.45) is 0 Å². The van der Waals surface area contributed by atoms with Gasteiger partial charge in [-0.3, -0.25) is 4.98 Å². The molecule has 6 rings (SSSR count). The van der Waals surface area contributed by atoms with Crippen LogP contribution < -0.4 is 5.32 Å². The molecule has 2 heteroatoms. The quantitative estimate of drug-likeness (QED) is 0.226. The number of aromatic nitrogens is 1. The van der Waals surface area contributed by atoms with Gasteiger partial charge in [-0.15, -0.1) is 0 Å². The zero-order chi connectivity index (χ0) is 27.6. The van der Waals surface area contributed by atoms with Crippen LogP contribution in [0.25, 0.3) is 32.8 Å². The molecule has 2 nitrogen and oxygen atoms in total. The highest BCUT2D eigenvalue weighted by atomic mass is 15.0. The molecule has 1 N–H and O–H groups in total. The highest BCUT2D eigenvalue weighted by Crippen LogP contribution is 2.39. The van der Waals surface area contributed by atoms with Crippen molar-refractivity contribution in [1.29, 1.82) is 0 Å². The summed E-state index contributed by atoms with van der Waals surface area (Å²) >= 11 is 0. The van der Waals surface area contributed by atoms with Crippen molar-refractivity contribution in [2.45, 2.75) is 45.6 Å². The van der Waals surface area contributed by atoms with Crippen LogP contribution in [0.5, 0.6) is 0 Å². The first-order valence-electron chi connectivity index (χ1n) is 14.3. The Morgan fingerprint density at radius 3 is 1.73 bits per heavy atom. The summed E-state index contributed by atoms with van der Waals surface area (Å²) in [6, 6.07) is 43.3. The summed E-state index contributed by atoms with van der Waals surface area (Å²) in [6.07, 6.45) is 0. The Morgan fingerprint density at radius 1 is 0.500 bits per heavy atom. The number of fused-ring (bicyclic) bond motifs is 2. The zero-order valence-electron chi connectivity index (χ0n) is 23.7. The first-order chi connectivity index (χ1) is 19.5. The minimum atomic E-state index is -0.126. The van der Waals surface area contributed by atoms with Crippen LogP contribution in [0.1, 0.15) is 68.0 Å². The summed E-state index contributed by atoms with van der Waals surface area (Å²) in [7, 11) is 0. The molecule has 1 atom stereocenters. The fourth-order valence-corrected chi connectivity index (χ4v) is 5.89. The number of nitrogens with zero attached hydrogens (tertiary/aromatic N) is 1. The maximum atomic E-state index is 5.36. The molecule has 0 amide bonds. The fraction of sp³-hybridized carbons (Fsp3) is 0.184. The van der Waals surface area contributed by atoms with Gasteiger partial charge in [0.15, 0.2) is 0 Å². The summed E-state index contributed by atoms with van der Waals surface area (Å²) < 4.78 is 0. The highest BCUT2D eigenvalue weighted by molar-refractivity contribution is 5.95. The van der Waals surface area contributed by atoms with Crippen LogP contribution in [0.4, 0.5) is 5.69 Å². The third-order valence-electron chi connectivity index (χ3n) is 7.93. The summed E-state index contributed by atoms with van der Waals surface area (Å²) in [5.41, 5.74) is 8.28. The molecule has 0 spiro atoms. The molecule has 0 bridgehead atoms. The number of para-hydroxylation sites is 1. The van der Waals surface area contributed by atoms with E-state index in [-0.39, 0.29) is 6.04 Å². The molecular formula is C38H36N2. The van der Waals surface area contributed by atoms with Gasteiger partial charge >= 0.3 is 0 Å². The first-order valence-corrected chi connectivity index (χ1v) is 14.3. The lowest BCUT2D eigenvalue weighted by Gasteiger charge is -2.27. The van der Waals surface area contributed by atoms with Gasteiger partial charge in [-0.25, -0.2) is 0 Å². The molecule has 6 aromatic rings. The molecule has 0 fully saturated rings. The molecule has 40 heavy (non-hydrogen) atoms. The van der Waals surface area contributed by atoms with Crippen molar-refractivity contribution in [3.63, 3.8) is 0 Å². The van der Waals surface area contributed by atoms with Crippen molar-refractivity contribution in [1.82, 2.24) is 4.98 Å². The second kappa shape index (κ2) is 11.0. The Bertz CT molecular complexity index is 1760. The number of benzene rings is 5. The Labute approximate surface area is 237 Å². The second-order valence-corrected chi connectivity index (χ2v) is 11.2. The van der Waals surface area contributed by atoms with E-state index in [4.69, 9.17) is 4.98 Å². The largest absolute Gasteiger partial charge is 0.372 e. The van der Waals surface area contributed by atoms with Crippen molar-refractivity contribution >= 4 is 27.2 Å². The predicted molar refractivity (Wildman–Crippen MR) is 171 cm³/mol. The van der Waals surface area contributed by atoms with Crippen LogP contribution in [-0.2, 0) is 0 Å². The van der Waals surface area contributed by atoms with Crippen molar-refractivity contribution in [3.05, 3.63) is 144 Å². The molecule has 0 radical (unpaired) electrons. The summed E-state index contributed by atoms with van der Waals surface area (Å²) in [5.74, 6) is 0.786. The van der Waals surface area contributed by atoms with Crippen LogP contribution in [0.15, 0.2) is 121 Å². The molecular weight excluding hydrogens is 484 g/mol. The molecule has 0 aliphatic carbocycles. The molecule has 0 aliphatic rings. The van der Waals surface area contributed by atoms with Gasteiger partial charge in [0.25, 0.3) is 0 Å². The molecule has 198 valence electrons. The number of anilines is 1. The van der Waals surface area contributed by atoms with E-state index >= 15 is 0 Å². The highest BCUT2D eigenvalue weighted by Gasteiger charge is 2.23. The number of rotatable bonds is 7. The van der Waals surface area contributed by atoms with Gasteiger partial charge in [-0.2, -0.15) is 0 Å². The van der Waals surface area contributed by atoms with Crippen molar-refractivity contribution in [2.75, 3.05) is 5.32 Å². The normalized spacial score (nSPS) is 12.3. The smallest absolute Gasteiger partial charge is 0.0946 e. The maximum Gasteiger partial charge on any atom is 0.0946 e. The van der Waals surface area contributed by atoms with Crippen LogP contribution in [0.2, 0.25) is 0 Å². The SMILES string of the molecule is CC(C)c1cccc(C(C)C)c1NC(c1cccc(-c2cccc3ccccc23)n1)c1cccc2ccccc12. The Morgan fingerprint density at radius 2 is 1.02 bits per heavy atom. The summed E-state index contributed by atoms with van der Waals surface area (Å²) in [4.78, 5) is 5.36. The number of hydrogen-bond acceptors (Lipinski definition) is 2. The Kier molecular flexibility index (Phi) is 7.09. The van der Waals surface area contributed by atoms with Gasteiger partial charge < -0.3 is 5.32 Å². The standard InChI is InChI=1S/C38H36N2/c1-25(2)29-19-11-20-30(26(3)4)37(29)40-38(34-22-10-16-28-14-6-8-18-32(28)34)36-24-12-23-35(39-36)33-21-9-15-27-13-5-7-17-31(27)33/h5-26,38,40H,1-4H3. The first kappa shape index (κ1) is 25.8. The van der Waals surface area contributed by atoms with Crippen molar-refractivity contribution < 1.29 is 0 Å². The lowest BCUT2D eigenvalue weighted by Crippen LogP contribution is -2.17. The molecule has 5 aromatic carbocycles. The van der Waals surface area contributed by atoms with E-state index in [0.29, 0.717) is 11.8 Å². The van der Waals surface area contributed by atoms with E-state index in [1.54, 1.807) is 0 Å². The van der Waals surface area contributed by atoms with Crippen molar-refractivity contribution in [3.8, 4) is 11.3 Å². The molecule has 1 heterocycles. The van der Waals surface area contributed by atoms with Gasteiger partial charge in [-0.05, 0) is 62.2 Å². The summed E-state index contributed by atoms with van der Waals surface area (Å²) in [5, 5.41) is 8.98. The van der Waals surface area contributed by atoms with Gasteiger partial charge in [0, 0.05) is 11.3 Å². The molecule has 0 aliphatic heterocycles. The summed E-state index contributed by atoms with van der Waals surface area (Å²) in [6.45, 7) is 9.10. The molecule has 1 aromatic heterocycles. The van der Waals surface area contributed by atoms with E-state index in [1.165, 1.54) is 43.9 Å². The molecule has 0 saturated carbocycles. The van der Waals surface area contributed by atoms with E-state index in [2.05, 4.69) is 154 Å². The average molecular weight is 521 g/mol. The van der Waals surface area contributed by atoms with Gasteiger partial charge in [0.2, 0.25) is 0 Å². The average Bonchev–Trinajstić information content (AvgIpc) is 2.99. The maximum absolute atomic E-state index is 5.36. The van der Waals surface area contributed by atoms with Crippen LogP contribution >= 0.6 is 0 Å². The van der Waals surface area contributed by atoms with E-state index in [9.17, 15) is 0 Å². The fourth-order valence-electron chi connectivity index (χ4n) is 5.89. The number of nitrogens with one attached hydrogen (secondary N) is 1. The number of hydrogen-bond donors (Lipinski definition) is 1. The lowest BCUT2D eigenvalue weighted by molar-refractivity contribution is 0.816. The Hall–Kier alpha value is -4.43. The lowest BCUT2D eigenvalue weighted by atomic mass is 9.90. The molecule has 1 unspecified atom stereocenters. The van der Waals surface area contributed by atoms with Crippen LogP contribution in [0, 0.1) is 0 Å². The molecule has 0 saturated heterocycles. The van der Waals surface area contributed by atoms with Gasteiger partial charge in [0.1, 0.15) is 0 Å². The van der Waals surface area contributed by atoms with E-state index < -0.39 is 0 Å². The van der Waals surface area contributed by atoms with E-state index in [1.807, 2.05) is 0 Å². The van der Waals surface area contributed by atoms with Gasteiger partial charge in [0.05, 0.1) is 17.4 Å². The third kappa shape index (κ3) is 4.86. The van der Waals surface area contributed by atoms with Gasteiger partial charge in [-0.1, -0.05) is 137 Å².